The van der Waals surface area contributed by atoms with E-state index in [4.69, 9.17) is 0 Å². The summed E-state index contributed by atoms with van der Waals surface area (Å²) in [6.45, 7) is 3.79. The van der Waals surface area contributed by atoms with Crippen molar-refractivity contribution in [3.8, 4) is 5.75 Å². The second-order valence-corrected chi connectivity index (χ2v) is 4.74. The number of rotatable bonds is 3. The quantitative estimate of drug-likeness (QED) is 0.816. The average molecular weight is 245 g/mol. The predicted molar refractivity (Wildman–Crippen MR) is 70.0 cm³/mol. The van der Waals surface area contributed by atoms with E-state index < -0.39 is 5.56 Å². The fraction of sp³-hybridized carbons (Fsp3) is 0.286. The standard InChI is InChI=1S/C14H15NO3/c1-8(2)7-11(16)12-13(17)9-5-3-4-6-10(9)15-14(12)18/h3-6,8H,7H2,1-2H3,(H2,15,17,18). The molecule has 0 spiro atoms. The van der Waals surface area contributed by atoms with Crippen LogP contribution in [0.5, 0.6) is 5.75 Å². The number of H-pyrrole nitrogens is 1. The van der Waals surface area contributed by atoms with Gasteiger partial charge in [0.25, 0.3) is 5.56 Å². The van der Waals surface area contributed by atoms with Crippen molar-refractivity contribution < 1.29 is 9.90 Å². The van der Waals surface area contributed by atoms with Crippen molar-refractivity contribution in [2.24, 2.45) is 5.92 Å². The van der Waals surface area contributed by atoms with E-state index in [1.54, 1.807) is 24.3 Å². The summed E-state index contributed by atoms with van der Waals surface area (Å²) in [5.74, 6) is -0.405. The summed E-state index contributed by atoms with van der Waals surface area (Å²) >= 11 is 0. The van der Waals surface area contributed by atoms with Gasteiger partial charge in [0.1, 0.15) is 11.3 Å². The van der Waals surface area contributed by atoms with Gasteiger partial charge in [0.05, 0.1) is 5.52 Å². The summed E-state index contributed by atoms with van der Waals surface area (Å²) in [5, 5.41) is 10.6. The van der Waals surface area contributed by atoms with E-state index in [2.05, 4.69) is 4.98 Å². The molecule has 0 fully saturated rings. The highest BCUT2D eigenvalue weighted by atomic mass is 16.3. The van der Waals surface area contributed by atoms with Crippen LogP contribution in [-0.4, -0.2) is 15.9 Å². The van der Waals surface area contributed by atoms with Gasteiger partial charge in [-0.2, -0.15) is 0 Å². The van der Waals surface area contributed by atoms with E-state index in [-0.39, 0.29) is 29.4 Å². The number of fused-ring (bicyclic) bond motifs is 1. The van der Waals surface area contributed by atoms with Crippen LogP contribution in [0.3, 0.4) is 0 Å². The minimum atomic E-state index is -0.531. The maximum Gasteiger partial charge on any atom is 0.263 e. The molecule has 94 valence electrons. The van der Waals surface area contributed by atoms with Crippen molar-refractivity contribution >= 4 is 16.7 Å². The number of aromatic amines is 1. The SMILES string of the molecule is CC(C)CC(=O)c1c(O)c2ccccc2[nH]c1=O. The van der Waals surface area contributed by atoms with Crippen molar-refractivity contribution in [3.63, 3.8) is 0 Å². The largest absolute Gasteiger partial charge is 0.506 e. The number of pyridine rings is 1. The summed E-state index contributed by atoms with van der Waals surface area (Å²) in [4.78, 5) is 26.4. The number of benzene rings is 1. The van der Waals surface area contributed by atoms with Crippen molar-refractivity contribution in [1.29, 1.82) is 0 Å². The van der Waals surface area contributed by atoms with Crippen LogP contribution in [0.2, 0.25) is 0 Å². The van der Waals surface area contributed by atoms with Crippen LogP contribution >= 0.6 is 0 Å². The smallest absolute Gasteiger partial charge is 0.263 e. The Morgan fingerprint density at radius 3 is 2.67 bits per heavy atom. The van der Waals surface area contributed by atoms with Crippen LogP contribution in [0.1, 0.15) is 30.6 Å². The summed E-state index contributed by atoms with van der Waals surface area (Å²) in [7, 11) is 0. The number of ketones is 1. The van der Waals surface area contributed by atoms with E-state index in [9.17, 15) is 14.7 Å². The normalized spacial score (nSPS) is 11.1. The topological polar surface area (TPSA) is 70.2 Å². The van der Waals surface area contributed by atoms with E-state index in [1.165, 1.54) is 0 Å². The lowest BCUT2D eigenvalue weighted by molar-refractivity contribution is 0.0964. The molecule has 2 rings (SSSR count). The highest BCUT2D eigenvalue weighted by Crippen LogP contribution is 2.25. The average Bonchev–Trinajstić information content (AvgIpc) is 2.27. The molecule has 1 aromatic heterocycles. The first kappa shape index (κ1) is 12.4. The fourth-order valence-electron chi connectivity index (χ4n) is 1.96. The Labute approximate surface area is 104 Å². The number of para-hydroxylation sites is 1. The van der Waals surface area contributed by atoms with Crippen LogP contribution in [0.15, 0.2) is 29.1 Å². The lowest BCUT2D eigenvalue weighted by Crippen LogP contribution is -2.19. The van der Waals surface area contributed by atoms with Crippen molar-refractivity contribution in [3.05, 3.63) is 40.2 Å². The molecule has 2 aromatic rings. The van der Waals surface area contributed by atoms with Gasteiger partial charge in [0, 0.05) is 11.8 Å². The molecule has 2 N–H and O–H groups in total. The molecule has 0 saturated heterocycles. The zero-order chi connectivity index (χ0) is 13.3. The maximum absolute atomic E-state index is 12.0. The Hall–Kier alpha value is -2.10. The minimum absolute atomic E-state index is 0.137. The van der Waals surface area contributed by atoms with Gasteiger partial charge >= 0.3 is 0 Å². The van der Waals surface area contributed by atoms with Crippen LogP contribution in [0.4, 0.5) is 0 Å². The molecular weight excluding hydrogens is 230 g/mol. The van der Waals surface area contributed by atoms with Gasteiger partial charge in [0.15, 0.2) is 5.78 Å². The first-order valence-electron chi connectivity index (χ1n) is 5.88. The first-order valence-corrected chi connectivity index (χ1v) is 5.88. The molecule has 0 unspecified atom stereocenters. The van der Waals surface area contributed by atoms with Crippen molar-refractivity contribution in [2.75, 3.05) is 0 Å². The fourth-order valence-corrected chi connectivity index (χ4v) is 1.96. The van der Waals surface area contributed by atoms with E-state index >= 15 is 0 Å². The Morgan fingerprint density at radius 2 is 2.00 bits per heavy atom. The summed E-state index contributed by atoms with van der Waals surface area (Å²) in [5.41, 5.74) is -0.139. The number of Topliss-reactive ketones (excluding diaryl/α,β-unsaturated/α-hetero) is 1. The van der Waals surface area contributed by atoms with Gasteiger partial charge in [-0.1, -0.05) is 26.0 Å². The molecule has 0 amide bonds. The van der Waals surface area contributed by atoms with Crippen LogP contribution in [-0.2, 0) is 0 Å². The second-order valence-electron chi connectivity index (χ2n) is 4.74. The molecule has 0 bridgehead atoms. The molecule has 4 heteroatoms. The van der Waals surface area contributed by atoms with Crippen molar-refractivity contribution in [2.45, 2.75) is 20.3 Å². The number of aromatic hydroxyl groups is 1. The summed E-state index contributed by atoms with van der Waals surface area (Å²) in [6.07, 6.45) is 0.245. The molecule has 0 aliphatic carbocycles. The van der Waals surface area contributed by atoms with Gasteiger partial charge in [-0.25, -0.2) is 0 Å². The molecule has 0 aliphatic rings. The van der Waals surface area contributed by atoms with Gasteiger partial charge in [-0.15, -0.1) is 0 Å². The second kappa shape index (κ2) is 4.64. The first-order chi connectivity index (χ1) is 8.50. The van der Waals surface area contributed by atoms with Crippen LogP contribution in [0.25, 0.3) is 10.9 Å². The van der Waals surface area contributed by atoms with Crippen LogP contribution < -0.4 is 5.56 Å². The Morgan fingerprint density at radius 1 is 1.33 bits per heavy atom. The zero-order valence-electron chi connectivity index (χ0n) is 10.4. The maximum atomic E-state index is 12.0. The molecule has 1 aromatic carbocycles. The van der Waals surface area contributed by atoms with Gasteiger partial charge < -0.3 is 10.1 Å². The third-order valence-electron chi connectivity index (χ3n) is 2.77. The zero-order valence-corrected chi connectivity index (χ0v) is 10.4. The third kappa shape index (κ3) is 2.14. The Kier molecular flexibility index (Phi) is 3.19. The van der Waals surface area contributed by atoms with Crippen molar-refractivity contribution in [1.82, 2.24) is 4.98 Å². The van der Waals surface area contributed by atoms with Crippen LogP contribution in [0, 0.1) is 5.92 Å². The summed E-state index contributed by atoms with van der Waals surface area (Å²) < 4.78 is 0. The lowest BCUT2D eigenvalue weighted by Gasteiger charge is -2.07. The molecule has 1 heterocycles. The van der Waals surface area contributed by atoms with Gasteiger partial charge in [0.2, 0.25) is 0 Å². The van der Waals surface area contributed by atoms with Gasteiger partial charge in [-0.3, -0.25) is 9.59 Å². The minimum Gasteiger partial charge on any atom is -0.506 e. The number of carbonyl (C=O) groups is 1. The van der Waals surface area contributed by atoms with E-state index in [0.29, 0.717) is 10.9 Å². The number of hydrogen-bond acceptors (Lipinski definition) is 3. The predicted octanol–water partition coefficient (Wildman–Crippen LogP) is 2.46. The number of carbonyl (C=O) groups excluding carboxylic acids is 1. The molecule has 0 saturated carbocycles. The number of nitrogens with one attached hydrogen (secondary N) is 1. The molecule has 0 aliphatic heterocycles. The Balaban J connectivity index is 2.64. The van der Waals surface area contributed by atoms with E-state index in [1.807, 2.05) is 13.8 Å². The number of aromatic nitrogens is 1. The molecule has 18 heavy (non-hydrogen) atoms. The molecular formula is C14H15NO3. The molecule has 0 radical (unpaired) electrons. The third-order valence-corrected chi connectivity index (χ3v) is 2.77. The van der Waals surface area contributed by atoms with Gasteiger partial charge in [-0.05, 0) is 18.1 Å². The highest BCUT2D eigenvalue weighted by Gasteiger charge is 2.19. The van der Waals surface area contributed by atoms with E-state index in [0.717, 1.165) is 0 Å². The number of hydrogen-bond donors (Lipinski definition) is 2. The highest BCUT2D eigenvalue weighted by molar-refractivity contribution is 6.03. The Bertz CT molecular complexity index is 656. The molecule has 0 atom stereocenters. The monoisotopic (exact) mass is 245 g/mol. The molecule has 4 nitrogen and oxygen atoms in total. The summed E-state index contributed by atoms with van der Waals surface area (Å²) in [6, 6.07) is 6.87. The lowest BCUT2D eigenvalue weighted by atomic mass is 10.00.